The number of halogens is 3. The molecule has 182 valence electrons. The van der Waals surface area contributed by atoms with Gasteiger partial charge in [-0.2, -0.15) is 0 Å². The van der Waals surface area contributed by atoms with Crippen LogP contribution in [-0.2, 0) is 0 Å². The zero-order chi connectivity index (χ0) is 20.9. The fourth-order valence-electron chi connectivity index (χ4n) is 4.44. The van der Waals surface area contributed by atoms with E-state index in [1.807, 2.05) is 0 Å². The SMILES string of the molecule is Cl.Cl.NCCCCCCCCCC[P+](c1ccccc1)(c1ccccc1)c1ccccc1.[Cl-]. The molecule has 0 fully saturated rings. The van der Waals surface area contributed by atoms with E-state index in [2.05, 4.69) is 91.0 Å². The van der Waals surface area contributed by atoms with Crippen molar-refractivity contribution in [1.29, 1.82) is 0 Å². The second-order valence-corrected chi connectivity index (χ2v) is 11.8. The third-order valence-corrected chi connectivity index (χ3v) is 10.6. The lowest BCUT2D eigenvalue weighted by molar-refractivity contribution is -0.00000645. The Balaban J connectivity index is 0.00000341. The van der Waals surface area contributed by atoms with Crippen LogP contribution in [0.5, 0.6) is 0 Å². The molecule has 0 atom stereocenters. The van der Waals surface area contributed by atoms with Crippen molar-refractivity contribution in [2.75, 3.05) is 12.7 Å². The Morgan fingerprint density at radius 2 is 0.758 bits per heavy atom. The minimum absolute atomic E-state index is 0. The van der Waals surface area contributed by atoms with Crippen LogP contribution in [-0.4, -0.2) is 12.7 Å². The highest BCUT2D eigenvalue weighted by Crippen LogP contribution is 2.55. The fourth-order valence-corrected chi connectivity index (χ4v) is 8.85. The first-order chi connectivity index (χ1) is 14.9. The van der Waals surface area contributed by atoms with Gasteiger partial charge in [0.25, 0.3) is 0 Å². The largest absolute Gasteiger partial charge is 1.00 e. The summed E-state index contributed by atoms with van der Waals surface area (Å²) in [6.07, 6.45) is 11.7. The molecule has 2 N–H and O–H groups in total. The van der Waals surface area contributed by atoms with E-state index < -0.39 is 7.26 Å². The van der Waals surface area contributed by atoms with E-state index in [9.17, 15) is 0 Å². The van der Waals surface area contributed by atoms with Gasteiger partial charge < -0.3 is 18.1 Å². The Morgan fingerprint density at radius 1 is 0.455 bits per heavy atom. The number of hydrogen-bond acceptors (Lipinski definition) is 1. The molecular weight excluding hydrogens is 488 g/mol. The molecule has 33 heavy (non-hydrogen) atoms. The molecular formula is C28H39Cl3NP. The summed E-state index contributed by atoms with van der Waals surface area (Å²) in [6.45, 7) is 0.838. The van der Waals surface area contributed by atoms with Crippen LogP contribution in [0.3, 0.4) is 0 Å². The monoisotopic (exact) mass is 525 g/mol. The van der Waals surface area contributed by atoms with E-state index in [4.69, 9.17) is 5.73 Å². The molecule has 5 heteroatoms. The van der Waals surface area contributed by atoms with Crippen molar-refractivity contribution in [3.05, 3.63) is 91.0 Å². The summed E-state index contributed by atoms with van der Waals surface area (Å²) in [4.78, 5) is 0. The minimum Gasteiger partial charge on any atom is -1.00 e. The fraction of sp³-hybridized carbons (Fsp3) is 0.357. The number of nitrogens with two attached hydrogens (primary N) is 1. The average molecular weight is 527 g/mol. The lowest BCUT2D eigenvalue weighted by Gasteiger charge is -2.27. The second kappa shape index (κ2) is 18.3. The summed E-state index contributed by atoms with van der Waals surface area (Å²) in [5.41, 5.74) is 5.60. The highest BCUT2D eigenvalue weighted by atomic mass is 35.5. The van der Waals surface area contributed by atoms with Crippen molar-refractivity contribution in [3.63, 3.8) is 0 Å². The van der Waals surface area contributed by atoms with Crippen LogP contribution in [0.2, 0.25) is 0 Å². The summed E-state index contributed by atoms with van der Waals surface area (Å²) in [6, 6.07) is 33.8. The molecule has 0 heterocycles. The van der Waals surface area contributed by atoms with Crippen LogP contribution in [0.4, 0.5) is 0 Å². The van der Waals surface area contributed by atoms with Crippen LogP contribution in [0, 0.1) is 0 Å². The van der Waals surface area contributed by atoms with Crippen molar-refractivity contribution >= 4 is 48.0 Å². The number of rotatable bonds is 13. The summed E-state index contributed by atoms with van der Waals surface area (Å²) in [5.74, 6) is 0. The molecule has 1 nitrogen and oxygen atoms in total. The van der Waals surface area contributed by atoms with Crippen molar-refractivity contribution in [1.82, 2.24) is 0 Å². The molecule has 0 bridgehead atoms. The molecule has 0 saturated heterocycles. The molecule has 0 aromatic heterocycles. The number of benzene rings is 3. The van der Waals surface area contributed by atoms with E-state index in [1.165, 1.54) is 73.4 Å². The summed E-state index contributed by atoms with van der Waals surface area (Å²) in [7, 11) is -1.64. The first-order valence-corrected chi connectivity index (χ1v) is 13.6. The van der Waals surface area contributed by atoms with E-state index in [0.29, 0.717) is 0 Å². The lowest BCUT2D eigenvalue weighted by Crippen LogP contribution is -3.00. The molecule has 0 aliphatic heterocycles. The molecule has 0 unspecified atom stereocenters. The standard InChI is InChI=1S/C28H37NP.3ClH/c29-24-16-5-3-1-2-4-6-17-25-30(26-18-10-7-11-19-26,27-20-12-8-13-21-27)28-22-14-9-15-23-28;;;/h7-15,18-23H,1-6,16-17,24-25,29H2;3*1H/q+1;;;/p-1. The molecule has 0 aliphatic carbocycles. The van der Waals surface area contributed by atoms with Crippen molar-refractivity contribution in [2.45, 2.75) is 51.4 Å². The predicted octanol–water partition coefficient (Wildman–Crippen LogP) is 3.91. The highest BCUT2D eigenvalue weighted by molar-refractivity contribution is 7.95. The van der Waals surface area contributed by atoms with E-state index in [-0.39, 0.29) is 37.2 Å². The molecule has 0 aliphatic rings. The molecule has 0 saturated carbocycles. The molecule has 3 rings (SSSR count). The smallest absolute Gasteiger partial charge is 0.112 e. The first kappa shape index (κ1) is 31.9. The predicted molar refractivity (Wildman–Crippen MR) is 151 cm³/mol. The molecule has 0 spiro atoms. The van der Waals surface area contributed by atoms with Crippen LogP contribution in [0.15, 0.2) is 91.0 Å². The summed E-state index contributed by atoms with van der Waals surface area (Å²) < 4.78 is 0. The Kier molecular flexibility index (Phi) is 17.7. The van der Waals surface area contributed by atoms with Crippen molar-refractivity contribution < 1.29 is 12.4 Å². The van der Waals surface area contributed by atoms with Gasteiger partial charge in [-0.1, -0.05) is 86.7 Å². The number of unbranched alkanes of at least 4 members (excludes halogenated alkanes) is 7. The van der Waals surface area contributed by atoms with Gasteiger partial charge in [-0.25, -0.2) is 0 Å². The Morgan fingerprint density at radius 3 is 1.09 bits per heavy atom. The molecule has 0 radical (unpaired) electrons. The normalized spacial score (nSPS) is 10.5. The van der Waals surface area contributed by atoms with Gasteiger partial charge in [-0.3, -0.25) is 0 Å². The third-order valence-electron chi connectivity index (χ3n) is 6.04. The zero-order valence-corrected chi connectivity index (χ0v) is 22.7. The third kappa shape index (κ3) is 9.23. The Hall–Kier alpha value is -1.08. The van der Waals surface area contributed by atoms with Crippen LogP contribution < -0.4 is 34.1 Å². The highest BCUT2D eigenvalue weighted by Gasteiger charge is 2.44. The second-order valence-electron chi connectivity index (χ2n) is 8.16. The molecule has 3 aromatic carbocycles. The topological polar surface area (TPSA) is 26.0 Å². The van der Waals surface area contributed by atoms with E-state index in [0.717, 1.165) is 6.54 Å². The van der Waals surface area contributed by atoms with Gasteiger partial charge in [-0.15, -0.1) is 24.8 Å². The van der Waals surface area contributed by atoms with Gasteiger partial charge in [-0.05, 0) is 62.2 Å². The zero-order valence-electron chi connectivity index (χ0n) is 19.5. The minimum atomic E-state index is -1.64. The molecule has 0 amide bonds. The van der Waals surface area contributed by atoms with E-state index >= 15 is 0 Å². The van der Waals surface area contributed by atoms with Gasteiger partial charge >= 0.3 is 0 Å². The Labute approximate surface area is 220 Å². The molecule has 3 aromatic rings. The maximum absolute atomic E-state index is 5.60. The lowest BCUT2D eigenvalue weighted by atomic mass is 10.1. The van der Waals surface area contributed by atoms with Gasteiger partial charge in [0.15, 0.2) is 0 Å². The van der Waals surface area contributed by atoms with Gasteiger partial charge in [0.05, 0.1) is 6.16 Å². The number of hydrogen-bond donors (Lipinski definition) is 1. The quantitative estimate of drug-likeness (QED) is 0.265. The first-order valence-electron chi connectivity index (χ1n) is 11.6. The Bertz CT molecular complexity index is 735. The summed E-state index contributed by atoms with van der Waals surface area (Å²) >= 11 is 0. The van der Waals surface area contributed by atoms with E-state index in [1.54, 1.807) is 0 Å². The maximum atomic E-state index is 5.60. The van der Waals surface area contributed by atoms with Crippen LogP contribution >= 0.6 is 32.1 Å². The van der Waals surface area contributed by atoms with Crippen molar-refractivity contribution in [2.24, 2.45) is 5.73 Å². The maximum Gasteiger partial charge on any atom is 0.112 e. The van der Waals surface area contributed by atoms with Gasteiger partial charge in [0, 0.05) is 0 Å². The average Bonchev–Trinajstić information content (AvgIpc) is 2.82. The van der Waals surface area contributed by atoms with Crippen molar-refractivity contribution in [3.8, 4) is 0 Å². The van der Waals surface area contributed by atoms with Crippen LogP contribution in [0.25, 0.3) is 0 Å². The van der Waals surface area contributed by atoms with Gasteiger partial charge in [0.1, 0.15) is 23.2 Å². The van der Waals surface area contributed by atoms with Crippen LogP contribution in [0.1, 0.15) is 51.4 Å². The summed E-state index contributed by atoms with van der Waals surface area (Å²) in [5, 5.41) is 4.51. The van der Waals surface area contributed by atoms with Gasteiger partial charge in [0.2, 0.25) is 0 Å².